The summed E-state index contributed by atoms with van der Waals surface area (Å²) >= 11 is 0. The smallest absolute Gasteiger partial charge is 0.115 e. The van der Waals surface area contributed by atoms with Crippen LogP contribution in [0.2, 0.25) is 0 Å². The molecule has 0 radical (unpaired) electrons. The van der Waals surface area contributed by atoms with E-state index in [4.69, 9.17) is 5.73 Å². The molecule has 0 aromatic heterocycles. The molecule has 0 spiro atoms. The molecule has 76 valence electrons. The molecule has 1 heterocycles. The highest BCUT2D eigenvalue weighted by molar-refractivity contribution is 5.31. The third kappa shape index (κ3) is 1.74. The summed E-state index contributed by atoms with van der Waals surface area (Å²) in [6.45, 7) is 2.65. The van der Waals surface area contributed by atoms with Gasteiger partial charge in [-0.05, 0) is 36.7 Å². The van der Waals surface area contributed by atoms with E-state index in [1.807, 2.05) is 12.1 Å². The van der Waals surface area contributed by atoms with Crippen molar-refractivity contribution in [3.05, 3.63) is 29.8 Å². The molecule has 1 aliphatic rings. The molecule has 1 saturated heterocycles. The predicted octanol–water partition coefficient (Wildman–Crippen LogP) is 0.654. The fourth-order valence-electron chi connectivity index (χ4n) is 2.13. The molecular formula is C11H16N2O. The standard InChI is InChI=1S/C11H16N2O/c12-5-9-6-13-7-11(9)8-2-1-3-10(14)4-8/h1-4,9,11,13-14H,5-7,12H2. The van der Waals surface area contributed by atoms with Crippen molar-refractivity contribution in [1.82, 2.24) is 5.32 Å². The molecule has 1 fully saturated rings. The van der Waals surface area contributed by atoms with Crippen LogP contribution in [0.1, 0.15) is 11.5 Å². The number of nitrogens with one attached hydrogen (secondary N) is 1. The van der Waals surface area contributed by atoms with Gasteiger partial charge < -0.3 is 16.2 Å². The van der Waals surface area contributed by atoms with Crippen LogP contribution in [-0.2, 0) is 0 Å². The van der Waals surface area contributed by atoms with E-state index in [9.17, 15) is 5.11 Å². The highest BCUT2D eigenvalue weighted by Crippen LogP contribution is 2.28. The van der Waals surface area contributed by atoms with Crippen LogP contribution >= 0.6 is 0 Å². The van der Waals surface area contributed by atoms with Gasteiger partial charge in [0.25, 0.3) is 0 Å². The fourth-order valence-corrected chi connectivity index (χ4v) is 2.13. The Hall–Kier alpha value is -1.06. The van der Waals surface area contributed by atoms with Crippen molar-refractivity contribution in [2.24, 2.45) is 11.7 Å². The second kappa shape index (κ2) is 3.98. The van der Waals surface area contributed by atoms with E-state index in [1.54, 1.807) is 6.07 Å². The molecule has 2 rings (SSSR count). The number of benzene rings is 1. The van der Waals surface area contributed by atoms with Crippen LogP contribution in [0.5, 0.6) is 5.75 Å². The van der Waals surface area contributed by atoms with Crippen molar-refractivity contribution in [2.45, 2.75) is 5.92 Å². The molecule has 1 aromatic carbocycles. The monoisotopic (exact) mass is 192 g/mol. The lowest BCUT2D eigenvalue weighted by Gasteiger charge is -2.16. The molecule has 4 N–H and O–H groups in total. The Morgan fingerprint density at radius 1 is 1.43 bits per heavy atom. The van der Waals surface area contributed by atoms with Crippen molar-refractivity contribution < 1.29 is 5.11 Å². The van der Waals surface area contributed by atoms with Gasteiger partial charge in [0, 0.05) is 12.5 Å². The van der Waals surface area contributed by atoms with Crippen LogP contribution < -0.4 is 11.1 Å². The minimum atomic E-state index is 0.338. The fraction of sp³-hybridized carbons (Fsp3) is 0.455. The van der Waals surface area contributed by atoms with Crippen LogP contribution in [0.25, 0.3) is 0 Å². The molecule has 0 amide bonds. The highest BCUT2D eigenvalue weighted by Gasteiger charge is 2.27. The molecule has 3 nitrogen and oxygen atoms in total. The average molecular weight is 192 g/mol. The Morgan fingerprint density at radius 2 is 2.29 bits per heavy atom. The molecule has 0 aliphatic carbocycles. The van der Waals surface area contributed by atoms with E-state index >= 15 is 0 Å². The third-order valence-electron chi connectivity index (χ3n) is 2.94. The first kappa shape index (κ1) is 9.49. The van der Waals surface area contributed by atoms with E-state index < -0.39 is 0 Å². The number of rotatable bonds is 2. The molecule has 1 aromatic rings. The van der Waals surface area contributed by atoms with Crippen molar-refractivity contribution >= 4 is 0 Å². The zero-order valence-corrected chi connectivity index (χ0v) is 8.11. The number of phenols is 1. The van der Waals surface area contributed by atoms with Crippen LogP contribution in [0, 0.1) is 5.92 Å². The van der Waals surface area contributed by atoms with Gasteiger partial charge in [-0.2, -0.15) is 0 Å². The summed E-state index contributed by atoms with van der Waals surface area (Å²) in [5.74, 6) is 1.29. The van der Waals surface area contributed by atoms with Gasteiger partial charge in [-0.3, -0.25) is 0 Å². The van der Waals surface area contributed by atoms with Gasteiger partial charge in [0.2, 0.25) is 0 Å². The lowest BCUT2D eigenvalue weighted by atomic mass is 9.89. The topological polar surface area (TPSA) is 58.3 Å². The van der Waals surface area contributed by atoms with E-state index in [-0.39, 0.29) is 0 Å². The maximum atomic E-state index is 9.38. The van der Waals surface area contributed by atoms with Gasteiger partial charge in [-0.1, -0.05) is 12.1 Å². The van der Waals surface area contributed by atoms with Crippen molar-refractivity contribution in [1.29, 1.82) is 0 Å². The van der Waals surface area contributed by atoms with Crippen molar-refractivity contribution in [2.75, 3.05) is 19.6 Å². The molecule has 3 heteroatoms. The van der Waals surface area contributed by atoms with Crippen molar-refractivity contribution in [3.8, 4) is 5.75 Å². The number of nitrogens with two attached hydrogens (primary N) is 1. The number of hydrogen-bond acceptors (Lipinski definition) is 3. The van der Waals surface area contributed by atoms with Gasteiger partial charge in [0.1, 0.15) is 5.75 Å². The van der Waals surface area contributed by atoms with Crippen LogP contribution in [0.15, 0.2) is 24.3 Å². The zero-order valence-electron chi connectivity index (χ0n) is 8.11. The Bertz CT molecular complexity index is 314. The molecule has 0 saturated carbocycles. The lowest BCUT2D eigenvalue weighted by molar-refractivity contribution is 0.471. The van der Waals surface area contributed by atoms with Gasteiger partial charge in [0.15, 0.2) is 0 Å². The highest BCUT2D eigenvalue weighted by atomic mass is 16.3. The first-order valence-electron chi connectivity index (χ1n) is 5.01. The van der Waals surface area contributed by atoms with Gasteiger partial charge in [-0.15, -0.1) is 0 Å². The summed E-state index contributed by atoms with van der Waals surface area (Å²) in [7, 11) is 0. The SMILES string of the molecule is NCC1CNCC1c1cccc(O)c1. The van der Waals surface area contributed by atoms with E-state index in [2.05, 4.69) is 11.4 Å². The maximum Gasteiger partial charge on any atom is 0.115 e. The Labute approximate surface area is 83.9 Å². The summed E-state index contributed by atoms with van der Waals surface area (Å²) in [6, 6.07) is 7.47. The predicted molar refractivity (Wildman–Crippen MR) is 56.3 cm³/mol. The zero-order chi connectivity index (χ0) is 9.97. The second-order valence-corrected chi connectivity index (χ2v) is 3.86. The average Bonchev–Trinajstić information content (AvgIpc) is 2.65. The van der Waals surface area contributed by atoms with Crippen molar-refractivity contribution in [3.63, 3.8) is 0 Å². The molecular weight excluding hydrogens is 176 g/mol. The number of phenolic OH excluding ortho intramolecular Hbond substituents is 1. The molecule has 0 bridgehead atoms. The first-order chi connectivity index (χ1) is 6.81. The Kier molecular flexibility index (Phi) is 2.70. The number of hydrogen-bond donors (Lipinski definition) is 3. The van der Waals surface area contributed by atoms with Crippen LogP contribution in [0.4, 0.5) is 0 Å². The third-order valence-corrected chi connectivity index (χ3v) is 2.94. The van der Waals surface area contributed by atoms with Crippen LogP contribution in [-0.4, -0.2) is 24.7 Å². The molecule has 1 aliphatic heterocycles. The minimum Gasteiger partial charge on any atom is -0.508 e. The van der Waals surface area contributed by atoms with E-state index in [1.165, 1.54) is 5.56 Å². The van der Waals surface area contributed by atoms with Gasteiger partial charge >= 0.3 is 0 Å². The Morgan fingerprint density at radius 3 is 3.00 bits per heavy atom. The summed E-state index contributed by atoms with van der Waals surface area (Å²) in [5.41, 5.74) is 6.88. The quantitative estimate of drug-likeness (QED) is 0.645. The minimum absolute atomic E-state index is 0.338. The lowest BCUT2D eigenvalue weighted by Crippen LogP contribution is -2.20. The van der Waals surface area contributed by atoms with Gasteiger partial charge in [0.05, 0.1) is 0 Å². The second-order valence-electron chi connectivity index (χ2n) is 3.86. The molecule has 14 heavy (non-hydrogen) atoms. The summed E-state index contributed by atoms with van der Waals surface area (Å²) in [6.07, 6.45) is 0. The largest absolute Gasteiger partial charge is 0.508 e. The summed E-state index contributed by atoms with van der Waals surface area (Å²) in [4.78, 5) is 0. The van der Waals surface area contributed by atoms with E-state index in [0.717, 1.165) is 13.1 Å². The Balaban J connectivity index is 2.21. The molecule has 2 unspecified atom stereocenters. The summed E-state index contributed by atoms with van der Waals surface area (Å²) < 4.78 is 0. The normalized spacial score (nSPS) is 26.6. The number of aromatic hydroxyl groups is 1. The van der Waals surface area contributed by atoms with E-state index in [0.29, 0.717) is 24.1 Å². The van der Waals surface area contributed by atoms with Crippen LogP contribution in [0.3, 0.4) is 0 Å². The molecule has 2 atom stereocenters. The summed E-state index contributed by atoms with van der Waals surface area (Å²) in [5, 5.41) is 12.7. The van der Waals surface area contributed by atoms with Gasteiger partial charge in [-0.25, -0.2) is 0 Å². The first-order valence-corrected chi connectivity index (χ1v) is 5.01. The maximum absolute atomic E-state index is 9.38.